The normalized spacial score (nSPS) is 37.0. The molecule has 4 rings (SSSR count). The molecule has 0 atom stereocenters. The summed E-state index contributed by atoms with van der Waals surface area (Å²) in [7, 11) is 0. The molecule has 3 aliphatic carbocycles. The van der Waals surface area contributed by atoms with Gasteiger partial charge in [-0.1, -0.05) is 6.07 Å². The van der Waals surface area contributed by atoms with Crippen LogP contribution in [0.25, 0.3) is 0 Å². The lowest BCUT2D eigenvalue weighted by Gasteiger charge is -2.71. The predicted octanol–water partition coefficient (Wildman–Crippen LogP) is 2.35. The van der Waals surface area contributed by atoms with E-state index in [2.05, 4.69) is 0 Å². The first-order valence-corrected chi connectivity index (χ1v) is 5.26. The average molecular weight is 209 g/mol. The second-order valence-electron chi connectivity index (χ2n) is 5.11. The van der Waals surface area contributed by atoms with E-state index in [1.54, 1.807) is 0 Å². The number of benzene rings is 1. The van der Waals surface area contributed by atoms with Crippen molar-refractivity contribution in [1.29, 1.82) is 0 Å². The fraction of sp³-hybridized carbons (Fsp3) is 0.500. The van der Waals surface area contributed by atoms with Crippen LogP contribution in [0.5, 0.6) is 0 Å². The van der Waals surface area contributed by atoms with Gasteiger partial charge >= 0.3 is 0 Å². The van der Waals surface area contributed by atoms with Gasteiger partial charge in [-0.25, -0.2) is 8.78 Å². The number of hydrogen-bond acceptors (Lipinski definition) is 1. The van der Waals surface area contributed by atoms with E-state index >= 15 is 0 Å². The molecular weight excluding hydrogens is 196 g/mol. The predicted molar refractivity (Wildman–Crippen MR) is 53.4 cm³/mol. The molecule has 1 aromatic rings. The van der Waals surface area contributed by atoms with Crippen LogP contribution in [0.15, 0.2) is 18.2 Å². The summed E-state index contributed by atoms with van der Waals surface area (Å²) in [6.45, 7) is 0.644. The third-order valence-corrected chi connectivity index (χ3v) is 4.07. The standard InChI is InChI=1S/C12H13F2N/c13-8-2-1-3-9(14)10(8)12-4-11(5-12,6-12)7-15/h1-3H,4-7,15H2. The van der Waals surface area contributed by atoms with Gasteiger partial charge in [0.05, 0.1) is 0 Å². The smallest absolute Gasteiger partial charge is 0.129 e. The highest BCUT2D eigenvalue weighted by Crippen LogP contribution is 2.73. The number of halogens is 2. The monoisotopic (exact) mass is 209 g/mol. The molecule has 2 bridgehead atoms. The zero-order chi connectivity index (χ0) is 10.7. The summed E-state index contributed by atoms with van der Waals surface area (Å²) in [4.78, 5) is 0. The summed E-state index contributed by atoms with van der Waals surface area (Å²) in [5.41, 5.74) is 5.90. The quantitative estimate of drug-likeness (QED) is 0.795. The highest BCUT2D eigenvalue weighted by atomic mass is 19.1. The van der Waals surface area contributed by atoms with Crippen LogP contribution in [-0.4, -0.2) is 6.54 Å². The summed E-state index contributed by atoms with van der Waals surface area (Å²) >= 11 is 0. The Hall–Kier alpha value is -0.960. The fourth-order valence-electron chi connectivity index (χ4n) is 3.48. The Morgan fingerprint density at radius 2 is 1.67 bits per heavy atom. The maximum Gasteiger partial charge on any atom is 0.129 e. The van der Waals surface area contributed by atoms with Gasteiger partial charge in [0.15, 0.2) is 0 Å². The molecular formula is C12H13F2N. The Bertz CT molecular complexity index is 388. The molecule has 0 spiro atoms. The number of hydrogen-bond donors (Lipinski definition) is 1. The Kier molecular flexibility index (Phi) is 1.60. The van der Waals surface area contributed by atoms with Crippen molar-refractivity contribution in [3.05, 3.63) is 35.4 Å². The fourth-order valence-corrected chi connectivity index (χ4v) is 3.48. The lowest BCUT2D eigenvalue weighted by atomic mass is 9.33. The van der Waals surface area contributed by atoms with E-state index in [1.165, 1.54) is 18.2 Å². The Balaban J connectivity index is 1.97. The Morgan fingerprint density at radius 3 is 2.13 bits per heavy atom. The van der Waals surface area contributed by atoms with Crippen LogP contribution in [0.3, 0.4) is 0 Å². The molecule has 15 heavy (non-hydrogen) atoms. The summed E-state index contributed by atoms with van der Waals surface area (Å²) in [6.07, 6.45) is 2.57. The molecule has 0 aromatic heterocycles. The molecule has 0 saturated heterocycles. The van der Waals surface area contributed by atoms with Gasteiger partial charge in [0.2, 0.25) is 0 Å². The average Bonchev–Trinajstić information content (AvgIpc) is 2.06. The molecule has 0 aliphatic heterocycles. The van der Waals surface area contributed by atoms with E-state index in [0.29, 0.717) is 12.1 Å². The highest BCUT2D eigenvalue weighted by Gasteiger charge is 2.68. The molecule has 1 nitrogen and oxygen atoms in total. The van der Waals surface area contributed by atoms with Crippen LogP contribution >= 0.6 is 0 Å². The largest absolute Gasteiger partial charge is 0.330 e. The molecule has 3 fully saturated rings. The van der Waals surface area contributed by atoms with E-state index in [9.17, 15) is 8.78 Å². The summed E-state index contributed by atoms with van der Waals surface area (Å²) in [6, 6.07) is 4.10. The van der Waals surface area contributed by atoms with E-state index < -0.39 is 11.6 Å². The first kappa shape index (κ1) is 9.28. The van der Waals surface area contributed by atoms with Gasteiger partial charge in [-0.15, -0.1) is 0 Å². The van der Waals surface area contributed by atoms with Gasteiger partial charge in [-0.2, -0.15) is 0 Å². The maximum atomic E-state index is 13.5. The molecule has 0 amide bonds. The van der Waals surface area contributed by atoms with Crippen LogP contribution in [0.1, 0.15) is 24.8 Å². The van der Waals surface area contributed by atoms with Crippen LogP contribution in [0.2, 0.25) is 0 Å². The van der Waals surface area contributed by atoms with Gasteiger partial charge in [-0.05, 0) is 43.4 Å². The first-order chi connectivity index (χ1) is 7.11. The van der Waals surface area contributed by atoms with Crippen LogP contribution in [0.4, 0.5) is 8.78 Å². The molecule has 80 valence electrons. The Labute approximate surface area is 87.3 Å². The zero-order valence-corrected chi connectivity index (χ0v) is 8.39. The minimum atomic E-state index is -0.402. The number of nitrogens with two attached hydrogens (primary N) is 1. The van der Waals surface area contributed by atoms with Crippen molar-refractivity contribution in [2.24, 2.45) is 11.1 Å². The van der Waals surface area contributed by atoms with Crippen LogP contribution in [0, 0.1) is 17.0 Å². The SMILES string of the molecule is NCC12CC(c3c(F)cccc3F)(C1)C2. The molecule has 1 aromatic carbocycles. The van der Waals surface area contributed by atoms with E-state index in [1.807, 2.05) is 0 Å². The number of rotatable bonds is 2. The lowest BCUT2D eigenvalue weighted by molar-refractivity contribution is -0.136. The van der Waals surface area contributed by atoms with Crippen molar-refractivity contribution >= 4 is 0 Å². The van der Waals surface area contributed by atoms with Crippen LogP contribution in [-0.2, 0) is 5.41 Å². The summed E-state index contributed by atoms with van der Waals surface area (Å²) < 4.78 is 27.1. The second kappa shape index (κ2) is 2.59. The first-order valence-electron chi connectivity index (χ1n) is 5.26. The van der Waals surface area contributed by atoms with Gasteiger partial charge in [0.25, 0.3) is 0 Å². The van der Waals surface area contributed by atoms with Gasteiger partial charge in [0.1, 0.15) is 11.6 Å². The van der Waals surface area contributed by atoms with Gasteiger partial charge in [-0.3, -0.25) is 0 Å². The molecule has 3 heteroatoms. The lowest BCUT2D eigenvalue weighted by Crippen LogP contribution is -2.67. The topological polar surface area (TPSA) is 26.0 Å². The van der Waals surface area contributed by atoms with Crippen molar-refractivity contribution in [3.8, 4) is 0 Å². The van der Waals surface area contributed by atoms with E-state index in [-0.39, 0.29) is 10.8 Å². The van der Waals surface area contributed by atoms with Gasteiger partial charge < -0.3 is 5.73 Å². The minimum Gasteiger partial charge on any atom is -0.330 e. The Morgan fingerprint density at radius 1 is 1.13 bits per heavy atom. The minimum absolute atomic E-state index is 0.203. The third-order valence-electron chi connectivity index (χ3n) is 4.07. The summed E-state index contributed by atoms with van der Waals surface area (Å²) in [5.74, 6) is -0.805. The zero-order valence-electron chi connectivity index (χ0n) is 8.39. The van der Waals surface area contributed by atoms with Crippen molar-refractivity contribution in [2.45, 2.75) is 24.7 Å². The third kappa shape index (κ3) is 0.991. The molecule has 3 aliphatic rings. The van der Waals surface area contributed by atoms with Crippen molar-refractivity contribution in [1.82, 2.24) is 0 Å². The second-order valence-corrected chi connectivity index (χ2v) is 5.11. The van der Waals surface area contributed by atoms with Crippen LogP contribution < -0.4 is 5.73 Å². The molecule has 3 saturated carbocycles. The molecule has 2 N–H and O–H groups in total. The highest BCUT2D eigenvalue weighted by molar-refractivity contribution is 5.40. The maximum absolute atomic E-state index is 13.5. The van der Waals surface area contributed by atoms with Crippen molar-refractivity contribution in [2.75, 3.05) is 6.54 Å². The van der Waals surface area contributed by atoms with Crippen molar-refractivity contribution < 1.29 is 8.78 Å². The van der Waals surface area contributed by atoms with E-state index in [0.717, 1.165) is 19.3 Å². The summed E-state index contributed by atoms with van der Waals surface area (Å²) in [5, 5.41) is 0. The molecule has 0 heterocycles. The van der Waals surface area contributed by atoms with E-state index in [4.69, 9.17) is 5.73 Å². The molecule has 0 unspecified atom stereocenters. The van der Waals surface area contributed by atoms with Crippen molar-refractivity contribution in [3.63, 3.8) is 0 Å². The van der Waals surface area contributed by atoms with Gasteiger partial charge in [0, 0.05) is 11.0 Å². The molecule has 0 radical (unpaired) electrons.